The van der Waals surface area contributed by atoms with Crippen LogP contribution in [0.5, 0.6) is 0 Å². The van der Waals surface area contributed by atoms with Gasteiger partial charge in [-0.3, -0.25) is 0 Å². The zero-order chi connectivity index (χ0) is 13.0. The maximum atomic E-state index is 5.84. The number of halogens is 1. The van der Waals surface area contributed by atoms with Crippen molar-refractivity contribution >= 4 is 11.6 Å². The van der Waals surface area contributed by atoms with Crippen LogP contribution < -0.4 is 5.32 Å². The van der Waals surface area contributed by atoms with Crippen LogP contribution in [0.2, 0.25) is 5.02 Å². The first-order chi connectivity index (χ1) is 8.72. The molecule has 0 radical (unpaired) electrons. The van der Waals surface area contributed by atoms with Crippen molar-refractivity contribution in [3.05, 3.63) is 46.6 Å². The maximum absolute atomic E-state index is 5.84. The summed E-state index contributed by atoms with van der Waals surface area (Å²) >= 11 is 5.84. The molecule has 0 aliphatic rings. The molecule has 1 atom stereocenters. The van der Waals surface area contributed by atoms with Crippen molar-refractivity contribution in [1.29, 1.82) is 0 Å². The van der Waals surface area contributed by atoms with Gasteiger partial charge in [-0.2, -0.15) is 0 Å². The van der Waals surface area contributed by atoms with Crippen LogP contribution in [0.3, 0.4) is 0 Å². The molecule has 0 fully saturated rings. The summed E-state index contributed by atoms with van der Waals surface area (Å²) in [5.74, 6) is 1.27. The monoisotopic (exact) mass is 265 g/mol. The first-order valence-electron chi connectivity index (χ1n) is 5.97. The van der Waals surface area contributed by atoms with Gasteiger partial charge >= 0.3 is 0 Å². The standard InChI is InChI=1S/C13H16ClN3O/c1-3-11(15-2)13-17-16-12(18-13)8-9-4-6-10(14)7-5-9/h4-7,11,15H,3,8H2,1-2H3. The summed E-state index contributed by atoms with van der Waals surface area (Å²) in [4.78, 5) is 0. The summed E-state index contributed by atoms with van der Waals surface area (Å²) in [6, 6.07) is 7.76. The van der Waals surface area contributed by atoms with E-state index in [9.17, 15) is 0 Å². The Hall–Kier alpha value is -1.39. The summed E-state index contributed by atoms with van der Waals surface area (Å²) in [6.45, 7) is 2.07. The molecule has 96 valence electrons. The van der Waals surface area contributed by atoms with Gasteiger partial charge in [0.05, 0.1) is 12.5 Å². The lowest BCUT2D eigenvalue weighted by Crippen LogP contribution is -2.15. The number of hydrogen-bond donors (Lipinski definition) is 1. The third kappa shape index (κ3) is 3.09. The molecule has 0 aliphatic heterocycles. The molecular weight excluding hydrogens is 250 g/mol. The molecule has 1 heterocycles. The topological polar surface area (TPSA) is 51.0 Å². The molecule has 0 saturated carbocycles. The van der Waals surface area contributed by atoms with E-state index in [1.54, 1.807) is 0 Å². The molecule has 4 nitrogen and oxygen atoms in total. The number of nitrogens with zero attached hydrogens (tertiary/aromatic N) is 2. The molecule has 1 unspecified atom stereocenters. The molecule has 18 heavy (non-hydrogen) atoms. The minimum absolute atomic E-state index is 0.122. The summed E-state index contributed by atoms with van der Waals surface area (Å²) in [5.41, 5.74) is 1.10. The smallest absolute Gasteiger partial charge is 0.233 e. The van der Waals surface area contributed by atoms with Crippen molar-refractivity contribution in [3.8, 4) is 0 Å². The third-order valence-electron chi connectivity index (χ3n) is 2.81. The first kappa shape index (κ1) is 13.1. The van der Waals surface area contributed by atoms with Gasteiger partial charge in [-0.15, -0.1) is 10.2 Å². The van der Waals surface area contributed by atoms with Crippen molar-refractivity contribution < 1.29 is 4.42 Å². The Morgan fingerprint density at radius 1 is 1.28 bits per heavy atom. The molecule has 5 heteroatoms. The highest BCUT2D eigenvalue weighted by Gasteiger charge is 2.14. The molecule has 0 saturated heterocycles. The van der Waals surface area contributed by atoms with Gasteiger partial charge < -0.3 is 9.73 Å². The second-order valence-electron chi connectivity index (χ2n) is 4.09. The van der Waals surface area contributed by atoms with E-state index >= 15 is 0 Å². The zero-order valence-corrected chi connectivity index (χ0v) is 11.2. The van der Waals surface area contributed by atoms with E-state index < -0.39 is 0 Å². The number of hydrogen-bond acceptors (Lipinski definition) is 4. The summed E-state index contributed by atoms with van der Waals surface area (Å²) < 4.78 is 5.64. The van der Waals surface area contributed by atoms with E-state index in [0.29, 0.717) is 18.2 Å². The Bertz CT molecular complexity index is 491. The minimum atomic E-state index is 0.122. The molecular formula is C13H16ClN3O. The minimum Gasteiger partial charge on any atom is -0.423 e. The highest BCUT2D eigenvalue weighted by Crippen LogP contribution is 2.17. The van der Waals surface area contributed by atoms with Crippen LogP contribution in [0.25, 0.3) is 0 Å². The number of benzene rings is 1. The fraction of sp³-hybridized carbons (Fsp3) is 0.385. The Balaban J connectivity index is 2.08. The fourth-order valence-electron chi connectivity index (χ4n) is 1.76. The number of aromatic nitrogens is 2. The van der Waals surface area contributed by atoms with Crippen molar-refractivity contribution in [2.24, 2.45) is 0 Å². The quantitative estimate of drug-likeness (QED) is 0.903. The fourth-order valence-corrected chi connectivity index (χ4v) is 1.88. The lowest BCUT2D eigenvalue weighted by atomic mass is 10.1. The molecule has 0 spiro atoms. The van der Waals surface area contributed by atoms with E-state index in [-0.39, 0.29) is 6.04 Å². The average Bonchev–Trinajstić information content (AvgIpc) is 2.82. The SMILES string of the molecule is CCC(NC)c1nnc(Cc2ccc(Cl)cc2)o1. The van der Waals surface area contributed by atoms with Crippen molar-refractivity contribution in [3.63, 3.8) is 0 Å². The van der Waals surface area contributed by atoms with Crippen LogP contribution in [0.15, 0.2) is 28.7 Å². The van der Waals surface area contributed by atoms with Crippen molar-refractivity contribution in [2.45, 2.75) is 25.8 Å². The van der Waals surface area contributed by atoms with Crippen molar-refractivity contribution in [2.75, 3.05) is 7.05 Å². The summed E-state index contributed by atoms with van der Waals surface area (Å²) in [5, 5.41) is 12.0. The summed E-state index contributed by atoms with van der Waals surface area (Å²) in [6.07, 6.45) is 1.55. The normalized spacial score (nSPS) is 12.6. The predicted molar refractivity (Wildman–Crippen MR) is 70.6 cm³/mol. The Kier molecular flexibility index (Phi) is 4.33. The van der Waals surface area contributed by atoms with E-state index in [4.69, 9.17) is 16.0 Å². The highest BCUT2D eigenvalue weighted by atomic mass is 35.5. The van der Waals surface area contributed by atoms with Crippen LogP contribution in [-0.2, 0) is 6.42 Å². The number of rotatable bonds is 5. The molecule has 0 amide bonds. The van der Waals surface area contributed by atoms with Gasteiger partial charge in [0.1, 0.15) is 0 Å². The largest absolute Gasteiger partial charge is 0.423 e. The predicted octanol–water partition coefficient (Wildman–Crippen LogP) is 2.98. The first-order valence-corrected chi connectivity index (χ1v) is 6.34. The molecule has 1 aromatic carbocycles. The number of nitrogens with one attached hydrogen (secondary N) is 1. The van der Waals surface area contributed by atoms with E-state index in [0.717, 1.165) is 17.0 Å². The van der Waals surface area contributed by atoms with Crippen LogP contribution in [-0.4, -0.2) is 17.2 Å². The second kappa shape index (κ2) is 5.98. The van der Waals surface area contributed by atoms with Crippen LogP contribution in [0.1, 0.15) is 36.7 Å². The van der Waals surface area contributed by atoms with Gasteiger partial charge in [0.2, 0.25) is 11.8 Å². The lowest BCUT2D eigenvalue weighted by Gasteiger charge is -2.07. The molecule has 2 aromatic rings. The molecule has 0 aliphatic carbocycles. The van der Waals surface area contributed by atoms with Crippen molar-refractivity contribution in [1.82, 2.24) is 15.5 Å². The second-order valence-corrected chi connectivity index (χ2v) is 4.52. The average molecular weight is 266 g/mol. The van der Waals surface area contributed by atoms with Gasteiger partial charge in [0.15, 0.2) is 0 Å². The molecule has 1 N–H and O–H groups in total. The van der Waals surface area contributed by atoms with Crippen LogP contribution in [0.4, 0.5) is 0 Å². The molecule has 2 rings (SSSR count). The van der Waals surface area contributed by atoms with Gasteiger partial charge in [0, 0.05) is 5.02 Å². The Labute approximate surface area is 111 Å². The van der Waals surface area contributed by atoms with E-state index in [1.165, 1.54) is 0 Å². The molecule has 0 bridgehead atoms. The molecule has 1 aromatic heterocycles. The Morgan fingerprint density at radius 3 is 2.61 bits per heavy atom. The highest BCUT2D eigenvalue weighted by molar-refractivity contribution is 6.30. The van der Waals surface area contributed by atoms with E-state index in [2.05, 4.69) is 22.4 Å². The Morgan fingerprint density at radius 2 is 2.00 bits per heavy atom. The van der Waals surface area contributed by atoms with Gasteiger partial charge in [-0.05, 0) is 31.2 Å². The van der Waals surface area contributed by atoms with Crippen LogP contribution >= 0.6 is 11.6 Å². The van der Waals surface area contributed by atoms with Crippen LogP contribution in [0, 0.1) is 0 Å². The van der Waals surface area contributed by atoms with E-state index in [1.807, 2.05) is 31.3 Å². The van der Waals surface area contributed by atoms with Gasteiger partial charge in [0.25, 0.3) is 0 Å². The van der Waals surface area contributed by atoms with Gasteiger partial charge in [-0.1, -0.05) is 30.7 Å². The lowest BCUT2D eigenvalue weighted by molar-refractivity contribution is 0.390. The third-order valence-corrected chi connectivity index (χ3v) is 3.06. The summed E-state index contributed by atoms with van der Waals surface area (Å²) in [7, 11) is 1.89. The maximum Gasteiger partial charge on any atom is 0.233 e. The zero-order valence-electron chi connectivity index (χ0n) is 10.5. The van der Waals surface area contributed by atoms with Gasteiger partial charge in [-0.25, -0.2) is 0 Å².